The number of amides is 2. The van der Waals surface area contributed by atoms with Gasteiger partial charge in [0, 0.05) is 30.4 Å². The number of aromatic nitrogens is 1. The number of benzene rings is 1. The summed E-state index contributed by atoms with van der Waals surface area (Å²) in [6, 6.07) is 9.71. The highest BCUT2D eigenvalue weighted by atomic mass is 35.5. The molecule has 3 N–H and O–H groups in total. The van der Waals surface area contributed by atoms with Gasteiger partial charge in [-0.05, 0) is 36.1 Å². The second-order valence-corrected chi connectivity index (χ2v) is 7.29. The average Bonchev–Trinajstić information content (AvgIpc) is 2.69. The van der Waals surface area contributed by atoms with E-state index >= 15 is 0 Å². The van der Waals surface area contributed by atoms with Crippen LogP contribution in [0.3, 0.4) is 0 Å². The fourth-order valence-electron chi connectivity index (χ4n) is 2.51. The summed E-state index contributed by atoms with van der Waals surface area (Å²) in [6.45, 7) is 0.270. The Morgan fingerprint density at radius 2 is 1.82 bits per heavy atom. The number of carbonyl (C=O) groups excluding carboxylic acids is 2. The number of hydrogen-bond donors (Lipinski definition) is 3. The second-order valence-electron chi connectivity index (χ2n) is 5.87. The molecule has 0 fully saturated rings. The lowest BCUT2D eigenvalue weighted by atomic mass is 10.2. The molecule has 150 valence electrons. The molecule has 1 heterocycles. The van der Waals surface area contributed by atoms with Gasteiger partial charge in [-0.2, -0.15) is 11.8 Å². The summed E-state index contributed by atoms with van der Waals surface area (Å²) in [5, 5.41) is 15.2. The number of nitrogens with zero attached hydrogens (tertiary/aromatic N) is 1. The first-order chi connectivity index (χ1) is 13.5. The van der Waals surface area contributed by atoms with Gasteiger partial charge < -0.3 is 20.3 Å². The summed E-state index contributed by atoms with van der Waals surface area (Å²) in [6.07, 6.45) is 1.92. The topological polar surface area (TPSA) is 100 Å². The number of rotatable bonds is 9. The molecule has 2 rings (SSSR count). The Morgan fingerprint density at radius 1 is 1.11 bits per heavy atom. The van der Waals surface area contributed by atoms with Gasteiger partial charge in [0.15, 0.2) is 0 Å². The third kappa shape index (κ3) is 5.85. The lowest BCUT2D eigenvalue weighted by Crippen LogP contribution is -2.38. The maximum Gasteiger partial charge on any atom is 0.268 e. The molecule has 1 aromatic heterocycles. The Hall–Kier alpha value is -2.29. The molecule has 0 atom stereocenters. The van der Waals surface area contributed by atoms with Gasteiger partial charge in [-0.3, -0.25) is 14.4 Å². The van der Waals surface area contributed by atoms with E-state index in [1.807, 2.05) is 6.26 Å². The molecule has 28 heavy (non-hydrogen) atoms. The van der Waals surface area contributed by atoms with Crippen molar-refractivity contribution in [1.29, 1.82) is 0 Å². The molecule has 0 saturated heterocycles. The Balaban J connectivity index is 2.18. The van der Waals surface area contributed by atoms with Crippen molar-refractivity contribution < 1.29 is 14.7 Å². The van der Waals surface area contributed by atoms with Gasteiger partial charge >= 0.3 is 0 Å². The zero-order valence-corrected chi connectivity index (χ0v) is 17.0. The minimum atomic E-state index is -0.625. The zero-order valence-electron chi connectivity index (χ0n) is 15.4. The number of aliphatic hydroxyl groups is 1. The highest BCUT2D eigenvalue weighted by molar-refractivity contribution is 7.98. The lowest BCUT2D eigenvalue weighted by Gasteiger charge is -2.14. The van der Waals surface area contributed by atoms with E-state index in [9.17, 15) is 19.5 Å². The molecule has 0 saturated carbocycles. The molecular weight excluding hydrogens is 402 g/mol. The molecule has 2 amide bonds. The van der Waals surface area contributed by atoms with E-state index < -0.39 is 17.4 Å². The Labute approximate surface area is 172 Å². The molecule has 2 aromatic rings. The average molecular weight is 424 g/mol. The first-order valence-corrected chi connectivity index (χ1v) is 10.4. The van der Waals surface area contributed by atoms with Crippen molar-refractivity contribution in [3.8, 4) is 0 Å². The van der Waals surface area contributed by atoms with E-state index in [1.165, 1.54) is 12.1 Å². The third-order valence-electron chi connectivity index (χ3n) is 3.93. The number of pyridine rings is 1. The molecule has 7 nitrogen and oxygen atoms in total. The number of thioether (sulfide) groups is 1. The van der Waals surface area contributed by atoms with Crippen LogP contribution in [0.25, 0.3) is 0 Å². The monoisotopic (exact) mass is 423 g/mol. The summed E-state index contributed by atoms with van der Waals surface area (Å²) in [4.78, 5) is 37.5. The van der Waals surface area contributed by atoms with Crippen molar-refractivity contribution in [2.24, 2.45) is 0 Å². The van der Waals surface area contributed by atoms with Gasteiger partial charge in [0.2, 0.25) is 0 Å². The van der Waals surface area contributed by atoms with E-state index in [1.54, 1.807) is 36.0 Å². The summed E-state index contributed by atoms with van der Waals surface area (Å²) < 4.78 is 1.12. The second kappa shape index (κ2) is 10.9. The van der Waals surface area contributed by atoms with Crippen LogP contribution in [0.2, 0.25) is 5.02 Å². The SMILES string of the molecule is CSCCNC(=O)c1ccc(C(=O)NCc2ccc(Cl)cc2)c(=O)n1CCO. The predicted octanol–water partition coefficient (Wildman–Crippen LogP) is 1.52. The summed E-state index contributed by atoms with van der Waals surface area (Å²) in [5.41, 5.74) is 0.218. The molecule has 0 bridgehead atoms. The molecule has 0 radical (unpaired) electrons. The number of nitrogens with one attached hydrogen (secondary N) is 2. The minimum Gasteiger partial charge on any atom is -0.395 e. The molecule has 0 unspecified atom stereocenters. The van der Waals surface area contributed by atoms with Crippen LogP contribution in [0.15, 0.2) is 41.2 Å². The molecular formula is C19H22ClN3O4S. The standard InChI is InChI=1S/C19H22ClN3O4S/c1-28-11-8-21-18(26)16-7-6-15(19(27)23(16)9-10-24)17(25)22-12-13-2-4-14(20)5-3-13/h2-7,24H,8-12H2,1H3,(H,21,26)(H,22,25). The van der Waals surface area contributed by atoms with Gasteiger partial charge in [0.25, 0.3) is 17.4 Å². The zero-order chi connectivity index (χ0) is 20.5. The van der Waals surface area contributed by atoms with Crippen molar-refractivity contribution in [1.82, 2.24) is 15.2 Å². The van der Waals surface area contributed by atoms with Gasteiger partial charge in [-0.15, -0.1) is 0 Å². The number of halogens is 1. The highest BCUT2D eigenvalue weighted by Gasteiger charge is 2.18. The predicted molar refractivity (Wildman–Crippen MR) is 111 cm³/mol. The normalized spacial score (nSPS) is 10.5. The minimum absolute atomic E-state index is 0.0809. The van der Waals surface area contributed by atoms with Crippen LogP contribution in [-0.2, 0) is 13.1 Å². The lowest BCUT2D eigenvalue weighted by molar-refractivity contribution is 0.0930. The van der Waals surface area contributed by atoms with Crippen LogP contribution in [-0.4, -0.2) is 46.6 Å². The number of aliphatic hydroxyl groups excluding tert-OH is 1. The molecule has 0 aliphatic heterocycles. The molecule has 9 heteroatoms. The maximum atomic E-state index is 12.7. The van der Waals surface area contributed by atoms with Crippen molar-refractivity contribution >= 4 is 35.2 Å². The first-order valence-electron chi connectivity index (χ1n) is 8.62. The van der Waals surface area contributed by atoms with Crippen LogP contribution in [0, 0.1) is 0 Å². The van der Waals surface area contributed by atoms with Gasteiger partial charge in [0.1, 0.15) is 11.3 Å². The van der Waals surface area contributed by atoms with E-state index in [0.717, 1.165) is 15.9 Å². The van der Waals surface area contributed by atoms with Crippen LogP contribution < -0.4 is 16.2 Å². The van der Waals surface area contributed by atoms with Gasteiger partial charge in [0.05, 0.1) is 6.61 Å². The first kappa shape index (κ1) is 22.0. The maximum absolute atomic E-state index is 12.7. The van der Waals surface area contributed by atoms with Gasteiger partial charge in [-0.25, -0.2) is 0 Å². The number of carbonyl (C=O) groups is 2. The van der Waals surface area contributed by atoms with E-state index in [4.69, 9.17) is 11.6 Å². The third-order valence-corrected chi connectivity index (χ3v) is 4.80. The van der Waals surface area contributed by atoms with Crippen molar-refractivity contribution in [3.05, 3.63) is 68.6 Å². The quantitative estimate of drug-likeness (QED) is 0.531. The van der Waals surface area contributed by atoms with Crippen molar-refractivity contribution in [3.63, 3.8) is 0 Å². The fraction of sp³-hybridized carbons (Fsp3) is 0.316. The molecule has 0 aliphatic carbocycles. The molecule has 1 aromatic carbocycles. The molecule has 0 aliphatic rings. The highest BCUT2D eigenvalue weighted by Crippen LogP contribution is 2.09. The van der Waals surface area contributed by atoms with Crippen molar-refractivity contribution in [2.45, 2.75) is 13.1 Å². The largest absolute Gasteiger partial charge is 0.395 e. The summed E-state index contributed by atoms with van der Waals surface area (Å²) >= 11 is 7.42. The van der Waals surface area contributed by atoms with Crippen LogP contribution >= 0.6 is 23.4 Å². The summed E-state index contributed by atoms with van der Waals surface area (Å²) in [5.74, 6) is -0.241. The van der Waals surface area contributed by atoms with E-state index in [2.05, 4.69) is 10.6 Å². The summed E-state index contributed by atoms with van der Waals surface area (Å²) in [7, 11) is 0. The number of hydrogen-bond acceptors (Lipinski definition) is 5. The van der Waals surface area contributed by atoms with E-state index in [0.29, 0.717) is 11.6 Å². The molecule has 0 spiro atoms. The van der Waals surface area contributed by atoms with E-state index in [-0.39, 0.29) is 31.0 Å². The Morgan fingerprint density at radius 3 is 2.46 bits per heavy atom. The van der Waals surface area contributed by atoms with Gasteiger partial charge in [-0.1, -0.05) is 23.7 Å². The van der Waals surface area contributed by atoms with Crippen LogP contribution in [0.4, 0.5) is 0 Å². The van der Waals surface area contributed by atoms with Crippen LogP contribution in [0.5, 0.6) is 0 Å². The van der Waals surface area contributed by atoms with Crippen molar-refractivity contribution in [2.75, 3.05) is 25.2 Å². The Kier molecular flexibility index (Phi) is 8.56. The fourth-order valence-corrected chi connectivity index (χ4v) is 2.94. The van der Waals surface area contributed by atoms with Crippen LogP contribution in [0.1, 0.15) is 26.4 Å². The smallest absolute Gasteiger partial charge is 0.268 e. The Bertz CT molecular complexity index is 884.